The van der Waals surface area contributed by atoms with E-state index in [0.29, 0.717) is 55.5 Å². The van der Waals surface area contributed by atoms with Crippen molar-refractivity contribution in [2.24, 2.45) is 5.16 Å². The average molecular weight is 450 g/mol. The molecule has 172 valence electrons. The second-order valence-electron chi connectivity index (χ2n) is 8.07. The molecular formula is C24H27N5O4. The van der Waals surface area contributed by atoms with Crippen molar-refractivity contribution in [1.82, 2.24) is 9.88 Å². The number of benzene rings is 1. The molecule has 0 bridgehead atoms. The number of aromatic nitrogens is 1. The van der Waals surface area contributed by atoms with Crippen LogP contribution in [0.2, 0.25) is 0 Å². The van der Waals surface area contributed by atoms with E-state index < -0.39 is 0 Å². The Labute approximate surface area is 192 Å². The third-order valence-electron chi connectivity index (χ3n) is 6.11. The van der Waals surface area contributed by atoms with Gasteiger partial charge in [-0.25, -0.2) is 4.98 Å². The number of rotatable bonds is 5. The highest BCUT2D eigenvalue weighted by molar-refractivity contribution is 6.00. The van der Waals surface area contributed by atoms with Crippen molar-refractivity contribution >= 4 is 17.4 Å². The molecule has 1 aromatic heterocycles. The predicted octanol–water partition coefficient (Wildman–Crippen LogP) is 1.97. The number of oxime groups is 1. The first-order valence-corrected chi connectivity index (χ1v) is 10.9. The van der Waals surface area contributed by atoms with Crippen molar-refractivity contribution in [3.63, 3.8) is 0 Å². The SMILES string of the molecule is CO/N=C1\CC(CO)N(C(=O)c2ccc(-c3cccc(C#N)c3C)c(N3CCOCC3)n2)C1. The average Bonchev–Trinajstić information content (AvgIpc) is 3.27. The van der Waals surface area contributed by atoms with Crippen molar-refractivity contribution in [3.8, 4) is 17.2 Å². The third-order valence-corrected chi connectivity index (χ3v) is 6.11. The van der Waals surface area contributed by atoms with Crippen LogP contribution in [0, 0.1) is 18.3 Å². The second kappa shape index (κ2) is 9.98. The number of nitriles is 1. The maximum atomic E-state index is 13.4. The topological polar surface area (TPSA) is 111 Å². The first kappa shape index (κ1) is 22.7. The number of hydrogen-bond acceptors (Lipinski definition) is 8. The molecule has 2 aromatic rings. The highest BCUT2D eigenvalue weighted by atomic mass is 16.6. The number of aliphatic hydroxyl groups excluding tert-OH is 1. The maximum Gasteiger partial charge on any atom is 0.273 e. The minimum atomic E-state index is -0.366. The largest absolute Gasteiger partial charge is 0.399 e. The van der Waals surface area contributed by atoms with Gasteiger partial charge in [0.15, 0.2) is 0 Å². The molecule has 2 saturated heterocycles. The molecule has 2 aliphatic rings. The fourth-order valence-electron chi connectivity index (χ4n) is 4.36. The normalized spacial score (nSPS) is 19.6. The van der Waals surface area contributed by atoms with E-state index in [1.54, 1.807) is 17.0 Å². The highest BCUT2D eigenvalue weighted by Gasteiger charge is 2.34. The van der Waals surface area contributed by atoms with Crippen LogP contribution in [0.15, 0.2) is 35.5 Å². The van der Waals surface area contributed by atoms with E-state index >= 15 is 0 Å². The zero-order valence-electron chi connectivity index (χ0n) is 18.8. The number of nitrogens with zero attached hydrogens (tertiary/aromatic N) is 5. The summed E-state index contributed by atoms with van der Waals surface area (Å²) < 4.78 is 5.51. The lowest BCUT2D eigenvalue weighted by atomic mass is 9.96. The number of carbonyl (C=O) groups is 1. The first-order valence-electron chi connectivity index (χ1n) is 10.9. The van der Waals surface area contributed by atoms with Crippen molar-refractivity contribution in [3.05, 3.63) is 47.2 Å². The minimum absolute atomic E-state index is 0.164. The quantitative estimate of drug-likeness (QED) is 0.695. The molecule has 4 rings (SSSR count). The van der Waals surface area contributed by atoms with E-state index in [2.05, 4.69) is 16.1 Å². The Balaban J connectivity index is 1.75. The van der Waals surface area contributed by atoms with Gasteiger partial charge < -0.3 is 24.5 Å². The molecule has 0 saturated carbocycles. The molecule has 2 fully saturated rings. The summed E-state index contributed by atoms with van der Waals surface area (Å²) in [6, 6.07) is 11.1. The van der Waals surface area contributed by atoms with Crippen LogP contribution in [0.5, 0.6) is 0 Å². The Morgan fingerprint density at radius 2 is 2.09 bits per heavy atom. The van der Waals surface area contributed by atoms with Gasteiger partial charge in [0.05, 0.1) is 49.8 Å². The fourth-order valence-corrected chi connectivity index (χ4v) is 4.36. The summed E-state index contributed by atoms with van der Waals surface area (Å²) in [6.07, 6.45) is 0.463. The van der Waals surface area contributed by atoms with Crippen LogP contribution in [-0.4, -0.2) is 79.2 Å². The number of anilines is 1. The van der Waals surface area contributed by atoms with Crippen LogP contribution in [0.3, 0.4) is 0 Å². The Morgan fingerprint density at radius 3 is 2.79 bits per heavy atom. The summed E-state index contributed by atoms with van der Waals surface area (Å²) in [4.78, 5) is 26.7. The zero-order chi connectivity index (χ0) is 23.4. The number of likely N-dealkylation sites (tertiary alicyclic amines) is 1. The van der Waals surface area contributed by atoms with E-state index in [1.807, 2.05) is 25.1 Å². The number of carbonyl (C=O) groups excluding carboxylic acids is 1. The lowest BCUT2D eigenvalue weighted by Gasteiger charge is -2.30. The molecule has 3 heterocycles. The number of morpholine rings is 1. The third kappa shape index (κ3) is 4.53. The van der Waals surface area contributed by atoms with E-state index in [9.17, 15) is 15.2 Å². The van der Waals surface area contributed by atoms with Crippen LogP contribution in [0.25, 0.3) is 11.1 Å². The number of pyridine rings is 1. The summed E-state index contributed by atoms with van der Waals surface area (Å²) in [7, 11) is 1.46. The lowest BCUT2D eigenvalue weighted by molar-refractivity contribution is 0.0674. The molecule has 9 heteroatoms. The van der Waals surface area contributed by atoms with Gasteiger partial charge in [-0.2, -0.15) is 5.26 Å². The van der Waals surface area contributed by atoms with Gasteiger partial charge in [0.25, 0.3) is 5.91 Å². The molecule has 9 nitrogen and oxygen atoms in total. The Morgan fingerprint density at radius 1 is 1.30 bits per heavy atom. The van der Waals surface area contributed by atoms with Crippen LogP contribution in [0.4, 0.5) is 5.82 Å². The second-order valence-corrected chi connectivity index (χ2v) is 8.07. The van der Waals surface area contributed by atoms with E-state index in [1.165, 1.54) is 7.11 Å². The smallest absolute Gasteiger partial charge is 0.273 e. The monoisotopic (exact) mass is 449 g/mol. The highest BCUT2D eigenvalue weighted by Crippen LogP contribution is 2.34. The number of hydrogen-bond donors (Lipinski definition) is 1. The number of amides is 1. The van der Waals surface area contributed by atoms with E-state index in [-0.39, 0.29) is 25.1 Å². The van der Waals surface area contributed by atoms with Gasteiger partial charge in [-0.15, -0.1) is 0 Å². The maximum absolute atomic E-state index is 13.4. The number of aliphatic hydroxyl groups is 1. The summed E-state index contributed by atoms with van der Waals surface area (Å²) >= 11 is 0. The van der Waals surface area contributed by atoms with E-state index in [0.717, 1.165) is 16.7 Å². The van der Waals surface area contributed by atoms with Crippen molar-refractivity contribution in [1.29, 1.82) is 5.26 Å². The van der Waals surface area contributed by atoms with Crippen LogP contribution < -0.4 is 4.90 Å². The van der Waals surface area contributed by atoms with Gasteiger partial charge in [0, 0.05) is 25.1 Å². The van der Waals surface area contributed by atoms with Crippen molar-refractivity contribution in [2.75, 3.05) is 51.5 Å². The summed E-state index contributed by atoms with van der Waals surface area (Å²) in [6.45, 7) is 4.51. The molecule has 0 aliphatic carbocycles. The molecule has 2 aliphatic heterocycles. The first-order chi connectivity index (χ1) is 16.1. The Kier molecular flexibility index (Phi) is 6.87. The molecule has 1 unspecified atom stereocenters. The van der Waals surface area contributed by atoms with Crippen LogP contribution in [-0.2, 0) is 9.57 Å². The van der Waals surface area contributed by atoms with Crippen LogP contribution in [0.1, 0.15) is 28.0 Å². The molecule has 0 radical (unpaired) electrons. The Bertz CT molecular complexity index is 1100. The summed E-state index contributed by atoms with van der Waals surface area (Å²) in [5, 5.41) is 23.2. The van der Waals surface area contributed by atoms with Gasteiger partial charge in [0.1, 0.15) is 18.6 Å². The van der Waals surface area contributed by atoms with Gasteiger partial charge >= 0.3 is 0 Å². The summed E-state index contributed by atoms with van der Waals surface area (Å²) in [5.74, 6) is 0.423. The van der Waals surface area contributed by atoms with Gasteiger partial charge in [-0.05, 0) is 36.2 Å². The fraction of sp³-hybridized carbons (Fsp3) is 0.417. The molecule has 1 atom stereocenters. The minimum Gasteiger partial charge on any atom is -0.399 e. The standard InChI is InChI=1S/C24H27N5O4/c1-16-17(13-25)4-3-5-20(16)21-6-7-22(26-23(21)28-8-10-33-11-9-28)24(31)29-14-18(27-32-2)12-19(29)15-30/h3-7,19,30H,8-12,14-15H2,1-2H3/b27-18+. The lowest BCUT2D eigenvalue weighted by Crippen LogP contribution is -2.39. The summed E-state index contributed by atoms with van der Waals surface area (Å²) in [5.41, 5.74) is 4.25. The van der Waals surface area contributed by atoms with Gasteiger partial charge in [0.2, 0.25) is 0 Å². The molecule has 33 heavy (non-hydrogen) atoms. The molecule has 1 aromatic carbocycles. The van der Waals surface area contributed by atoms with Crippen LogP contribution >= 0.6 is 0 Å². The number of ether oxygens (including phenoxy) is 1. The molecule has 1 amide bonds. The van der Waals surface area contributed by atoms with Gasteiger partial charge in [-0.1, -0.05) is 17.3 Å². The molecule has 0 spiro atoms. The predicted molar refractivity (Wildman–Crippen MR) is 123 cm³/mol. The molecule has 1 N–H and O–H groups in total. The van der Waals surface area contributed by atoms with E-state index in [4.69, 9.17) is 14.6 Å². The Hall–Kier alpha value is -3.48. The molecular weight excluding hydrogens is 422 g/mol. The zero-order valence-corrected chi connectivity index (χ0v) is 18.8. The van der Waals surface area contributed by atoms with Crippen molar-refractivity contribution in [2.45, 2.75) is 19.4 Å². The van der Waals surface area contributed by atoms with Gasteiger partial charge in [-0.3, -0.25) is 4.79 Å². The van der Waals surface area contributed by atoms with Crippen molar-refractivity contribution < 1.29 is 19.5 Å².